The lowest BCUT2D eigenvalue weighted by atomic mass is 9.89. The third-order valence-electron chi connectivity index (χ3n) is 10.3. The molecule has 7 aromatic carbocycles. The van der Waals surface area contributed by atoms with Crippen molar-refractivity contribution in [3.05, 3.63) is 182 Å². The molecule has 250 valence electrons. The van der Waals surface area contributed by atoms with Gasteiger partial charge in [-0.1, -0.05) is 110 Å². The van der Waals surface area contributed by atoms with Gasteiger partial charge in [-0.25, -0.2) is 15.0 Å². The van der Waals surface area contributed by atoms with Crippen molar-refractivity contribution in [3.63, 3.8) is 0 Å². The first-order chi connectivity index (χ1) is 26.2. The SMILES string of the molecule is C=C/C=C\c1nc(-c2cc(-c3ccc4ccc5cccc6ccc3c4c56)cc(-c3nc4cccnc4n3-c3ccccc3)c2)n(-c2ccccc2)c1C. The molecule has 0 fully saturated rings. The number of allylic oxidation sites excluding steroid dienone is 2. The maximum Gasteiger partial charge on any atom is 0.164 e. The molecule has 0 radical (unpaired) electrons. The first-order valence-electron chi connectivity index (χ1n) is 17.8. The van der Waals surface area contributed by atoms with E-state index < -0.39 is 0 Å². The topological polar surface area (TPSA) is 48.5 Å². The Balaban J connectivity index is 1.30. The highest BCUT2D eigenvalue weighted by Gasteiger charge is 2.22. The molecule has 0 saturated heterocycles. The Morgan fingerprint density at radius 3 is 1.91 bits per heavy atom. The van der Waals surface area contributed by atoms with Crippen molar-refractivity contribution >= 4 is 49.6 Å². The number of nitrogens with zero attached hydrogens (tertiary/aromatic N) is 5. The molecule has 10 aromatic rings. The van der Waals surface area contributed by atoms with Gasteiger partial charge < -0.3 is 0 Å². The molecule has 0 N–H and O–H groups in total. The Morgan fingerprint density at radius 2 is 1.19 bits per heavy atom. The van der Waals surface area contributed by atoms with Gasteiger partial charge in [-0.15, -0.1) is 0 Å². The van der Waals surface area contributed by atoms with Gasteiger partial charge in [0, 0.05) is 34.4 Å². The molecule has 10 rings (SSSR count). The minimum Gasteiger partial charge on any atom is -0.296 e. The molecule has 3 aromatic heterocycles. The van der Waals surface area contributed by atoms with E-state index in [-0.39, 0.29) is 0 Å². The van der Waals surface area contributed by atoms with Gasteiger partial charge in [-0.05, 0) is 111 Å². The smallest absolute Gasteiger partial charge is 0.164 e. The fraction of sp³-hybridized carbons (Fsp3) is 0.0208. The second-order valence-electron chi connectivity index (χ2n) is 13.4. The Kier molecular flexibility index (Phi) is 7.12. The molecule has 5 nitrogen and oxygen atoms in total. The summed E-state index contributed by atoms with van der Waals surface area (Å²) in [5.41, 5.74) is 9.79. The molecule has 0 unspecified atom stereocenters. The van der Waals surface area contributed by atoms with Crippen LogP contribution in [0.5, 0.6) is 0 Å². The molecular weight excluding hydrogens is 647 g/mol. The summed E-state index contributed by atoms with van der Waals surface area (Å²) in [5.74, 6) is 1.66. The number of aromatic nitrogens is 5. The van der Waals surface area contributed by atoms with E-state index in [0.717, 1.165) is 67.8 Å². The van der Waals surface area contributed by atoms with Gasteiger partial charge >= 0.3 is 0 Å². The largest absolute Gasteiger partial charge is 0.296 e. The molecule has 0 spiro atoms. The van der Waals surface area contributed by atoms with Gasteiger partial charge in [-0.3, -0.25) is 9.13 Å². The van der Waals surface area contributed by atoms with Crippen LogP contribution in [-0.4, -0.2) is 24.1 Å². The maximum atomic E-state index is 5.30. The number of hydrogen-bond donors (Lipinski definition) is 0. The molecule has 53 heavy (non-hydrogen) atoms. The van der Waals surface area contributed by atoms with Crippen LogP contribution in [0.4, 0.5) is 0 Å². The van der Waals surface area contributed by atoms with E-state index in [1.54, 1.807) is 6.08 Å². The molecule has 0 aliphatic rings. The van der Waals surface area contributed by atoms with E-state index in [1.807, 2.05) is 42.6 Å². The second-order valence-corrected chi connectivity index (χ2v) is 13.4. The highest BCUT2D eigenvalue weighted by Crippen LogP contribution is 2.42. The van der Waals surface area contributed by atoms with E-state index in [1.165, 1.54) is 32.3 Å². The van der Waals surface area contributed by atoms with Crippen LogP contribution in [0, 0.1) is 6.92 Å². The van der Waals surface area contributed by atoms with Crippen molar-refractivity contribution in [2.75, 3.05) is 0 Å². The van der Waals surface area contributed by atoms with E-state index in [9.17, 15) is 0 Å². The molecular formula is C48H33N5. The zero-order valence-corrected chi connectivity index (χ0v) is 29.1. The van der Waals surface area contributed by atoms with E-state index in [0.29, 0.717) is 0 Å². The van der Waals surface area contributed by atoms with Gasteiger partial charge in [0.05, 0.1) is 5.69 Å². The van der Waals surface area contributed by atoms with Crippen LogP contribution >= 0.6 is 0 Å². The van der Waals surface area contributed by atoms with Gasteiger partial charge in [-0.2, -0.15) is 0 Å². The van der Waals surface area contributed by atoms with Crippen LogP contribution in [0.3, 0.4) is 0 Å². The normalized spacial score (nSPS) is 11.9. The summed E-state index contributed by atoms with van der Waals surface area (Å²) < 4.78 is 4.41. The highest BCUT2D eigenvalue weighted by molar-refractivity contribution is 6.25. The Morgan fingerprint density at radius 1 is 0.566 bits per heavy atom. The zero-order valence-electron chi connectivity index (χ0n) is 29.1. The summed E-state index contributed by atoms with van der Waals surface area (Å²) in [7, 11) is 0. The number of pyridine rings is 1. The lowest BCUT2D eigenvalue weighted by Gasteiger charge is -2.17. The molecule has 0 amide bonds. The Labute approximate surface area is 306 Å². The van der Waals surface area contributed by atoms with Crippen molar-refractivity contribution in [2.24, 2.45) is 0 Å². The highest BCUT2D eigenvalue weighted by atomic mass is 15.1. The Bertz CT molecular complexity index is 3010. The fourth-order valence-electron chi connectivity index (χ4n) is 7.88. The molecule has 3 heterocycles. The van der Waals surface area contributed by atoms with Crippen molar-refractivity contribution in [2.45, 2.75) is 6.92 Å². The van der Waals surface area contributed by atoms with Gasteiger partial charge in [0.15, 0.2) is 5.65 Å². The van der Waals surface area contributed by atoms with Crippen molar-refractivity contribution < 1.29 is 0 Å². The van der Waals surface area contributed by atoms with Crippen molar-refractivity contribution in [1.29, 1.82) is 0 Å². The summed E-state index contributed by atoms with van der Waals surface area (Å²) >= 11 is 0. The van der Waals surface area contributed by atoms with Crippen LogP contribution in [-0.2, 0) is 0 Å². The summed E-state index contributed by atoms with van der Waals surface area (Å²) in [6.45, 7) is 6.04. The van der Waals surface area contributed by atoms with Crippen LogP contribution in [0.15, 0.2) is 171 Å². The third-order valence-corrected chi connectivity index (χ3v) is 10.3. The van der Waals surface area contributed by atoms with Crippen LogP contribution in [0.1, 0.15) is 11.4 Å². The van der Waals surface area contributed by atoms with E-state index in [2.05, 4.69) is 144 Å². The minimum atomic E-state index is 0.807. The minimum absolute atomic E-state index is 0.807. The number of imidazole rings is 2. The van der Waals surface area contributed by atoms with Crippen molar-refractivity contribution in [1.82, 2.24) is 24.1 Å². The van der Waals surface area contributed by atoms with Crippen LogP contribution in [0.2, 0.25) is 0 Å². The lowest BCUT2D eigenvalue weighted by molar-refractivity contribution is 1.01. The summed E-state index contributed by atoms with van der Waals surface area (Å²) in [4.78, 5) is 15.4. The molecule has 0 saturated carbocycles. The van der Waals surface area contributed by atoms with Crippen LogP contribution in [0.25, 0.3) is 94.8 Å². The van der Waals surface area contributed by atoms with Gasteiger partial charge in [0.1, 0.15) is 17.2 Å². The summed E-state index contributed by atoms with van der Waals surface area (Å²) in [6.07, 6.45) is 7.58. The fourth-order valence-corrected chi connectivity index (χ4v) is 7.88. The molecule has 0 aliphatic heterocycles. The quantitative estimate of drug-likeness (QED) is 0.124. The summed E-state index contributed by atoms with van der Waals surface area (Å²) in [6, 6.07) is 51.6. The lowest BCUT2D eigenvalue weighted by Crippen LogP contribution is -2.01. The van der Waals surface area contributed by atoms with E-state index >= 15 is 0 Å². The number of fused-ring (bicyclic) bond motifs is 1. The average molecular weight is 680 g/mol. The summed E-state index contributed by atoms with van der Waals surface area (Å²) in [5, 5.41) is 7.52. The number of para-hydroxylation sites is 2. The molecule has 0 aliphatic carbocycles. The molecule has 0 bridgehead atoms. The third kappa shape index (κ3) is 4.97. The maximum absolute atomic E-state index is 5.30. The number of hydrogen-bond acceptors (Lipinski definition) is 3. The van der Waals surface area contributed by atoms with Gasteiger partial charge in [0.2, 0.25) is 0 Å². The zero-order chi connectivity index (χ0) is 35.5. The van der Waals surface area contributed by atoms with E-state index in [4.69, 9.17) is 15.0 Å². The standard InChI is InChI=1S/C48H33N5/c1-3-4-19-42-31(2)52(38-15-7-5-8-16-38)46(50-42)36-28-35(40-25-23-34-22-21-32-13-11-14-33-24-26-41(40)45(34)44(32)33)29-37(30-36)47-51-43-20-12-27-49-48(43)53(47)39-17-9-6-10-18-39/h3-30H,1H2,2H3/b19-4-. The molecule has 0 atom stereocenters. The number of benzene rings is 7. The second kappa shape index (κ2) is 12.3. The average Bonchev–Trinajstić information content (AvgIpc) is 3.77. The molecule has 5 heteroatoms. The van der Waals surface area contributed by atoms with Crippen molar-refractivity contribution in [3.8, 4) is 45.3 Å². The van der Waals surface area contributed by atoms with Gasteiger partial charge in [0.25, 0.3) is 0 Å². The predicted octanol–water partition coefficient (Wildman–Crippen LogP) is 12.0. The number of rotatable bonds is 7. The predicted molar refractivity (Wildman–Crippen MR) is 220 cm³/mol. The Hall–Kier alpha value is -7.11. The van der Waals surface area contributed by atoms with Crippen LogP contribution < -0.4 is 0 Å². The monoisotopic (exact) mass is 679 g/mol. The first-order valence-corrected chi connectivity index (χ1v) is 17.8. The first kappa shape index (κ1) is 30.7.